The zero-order chi connectivity index (χ0) is 17.5. The largest absolute Gasteiger partial charge is 0.478 e. The summed E-state index contributed by atoms with van der Waals surface area (Å²) in [6, 6.07) is 14.7. The first-order chi connectivity index (χ1) is 11.5. The lowest BCUT2D eigenvalue weighted by molar-refractivity contribution is -0.144. The van der Waals surface area contributed by atoms with Crippen molar-refractivity contribution in [3.8, 4) is 0 Å². The highest BCUT2D eigenvalue weighted by Crippen LogP contribution is 2.15. The van der Waals surface area contributed by atoms with Gasteiger partial charge in [0.15, 0.2) is 0 Å². The van der Waals surface area contributed by atoms with E-state index in [0.717, 1.165) is 16.8 Å². The second-order valence-corrected chi connectivity index (χ2v) is 5.68. The van der Waals surface area contributed by atoms with Gasteiger partial charge in [-0.1, -0.05) is 31.2 Å². The van der Waals surface area contributed by atoms with Crippen LogP contribution in [0.5, 0.6) is 0 Å². The van der Waals surface area contributed by atoms with Gasteiger partial charge in [0, 0.05) is 12.2 Å². The maximum absolute atomic E-state index is 11.4. The molecule has 5 heteroatoms. The van der Waals surface area contributed by atoms with Crippen LogP contribution >= 0.6 is 0 Å². The molecule has 0 spiro atoms. The van der Waals surface area contributed by atoms with E-state index in [0.29, 0.717) is 13.0 Å². The number of aromatic carboxylic acids is 1. The Morgan fingerprint density at radius 1 is 1.12 bits per heavy atom. The molecule has 5 nitrogen and oxygen atoms in total. The highest BCUT2D eigenvalue weighted by atomic mass is 16.5. The fourth-order valence-corrected chi connectivity index (χ4v) is 2.42. The van der Waals surface area contributed by atoms with Gasteiger partial charge in [0.2, 0.25) is 0 Å². The molecule has 0 fully saturated rings. The molecule has 0 amide bonds. The smallest absolute Gasteiger partial charge is 0.335 e. The summed E-state index contributed by atoms with van der Waals surface area (Å²) in [6.45, 7) is 2.38. The summed E-state index contributed by atoms with van der Waals surface area (Å²) in [5.74, 6) is -1.32. The van der Waals surface area contributed by atoms with E-state index in [-0.39, 0.29) is 17.5 Å². The van der Waals surface area contributed by atoms with Crippen molar-refractivity contribution in [3.05, 3.63) is 65.2 Å². The van der Waals surface area contributed by atoms with Crippen LogP contribution in [0.2, 0.25) is 0 Å². The number of ether oxygens (including phenoxy) is 1. The van der Waals surface area contributed by atoms with Crippen molar-refractivity contribution in [2.24, 2.45) is 5.92 Å². The average molecular weight is 327 g/mol. The molecule has 0 aromatic heterocycles. The van der Waals surface area contributed by atoms with Crippen molar-refractivity contribution in [3.63, 3.8) is 0 Å². The first-order valence-corrected chi connectivity index (χ1v) is 7.72. The van der Waals surface area contributed by atoms with Gasteiger partial charge >= 0.3 is 11.9 Å². The van der Waals surface area contributed by atoms with Gasteiger partial charge in [-0.05, 0) is 41.8 Å². The molecule has 126 valence electrons. The Bertz CT molecular complexity index is 710. The Labute approximate surface area is 141 Å². The van der Waals surface area contributed by atoms with Crippen molar-refractivity contribution in [1.82, 2.24) is 0 Å². The molecule has 1 unspecified atom stereocenters. The van der Waals surface area contributed by atoms with Gasteiger partial charge in [0.05, 0.1) is 18.6 Å². The number of methoxy groups -OCH3 is 1. The van der Waals surface area contributed by atoms with E-state index >= 15 is 0 Å². The Kier molecular flexibility index (Phi) is 5.95. The maximum Gasteiger partial charge on any atom is 0.335 e. The Morgan fingerprint density at radius 3 is 2.46 bits per heavy atom. The normalized spacial score (nSPS) is 11.6. The van der Waals surface area contributed by atoms with Crippen LogP contribution in [0.25, 0.3) is 0 Å². The second-order valence-electron chi connectivity index (χ2n) is 5.68. The number of carbonyl (C=O) groups is 2. The van der Waals surface area contributed by atoms with Gasteiger partial charge in [0.1, 0.15) is 0 Å². The minimum atomic E-state index is -0.930. The van der Waals surface area contributed by atoms with Crippen LogP contribution < -0.4 is 5.32 Å². The summed E-state index contributed by atoms with van der Waals surface area (Å²) in [7, 11) is 1.39. The van der Waals surface area contributed by atoms with Gasteiger partial charge in [0.25, 0.3) is 0 Å². The standard InChI is InChI=1S/C19H21NO4/c1-13(19(23)24-2)10-14-6-8-17(9-7-14)20-12-15-4-3-5-16(11-15)18(21)22/h3-9,11,13,20H,10,12H2,1-2H3,(H,21,22). The predicted molar refractivity (Wildman–Crippen MR) is 92.1 cm³/mol. The van der Waals surface area contributed by atoms with E-state index in [1.54, 1.807) is 18.2 Å². The third-order valence-electron chi connectivity index (χ3n) is 3.77. The number of carboxylic acid groups (broad SMARTS) is 1. The van der Waals surface area contributed by atoms with Gasteiger partial charge in [-0.2, -0.15) is 0 Å². The molecule has 24 heavy (non-hydrogen) atoms. The molecule has 2 aromatic carbocycles. The van der Waals surface area contributed by atoms with Crippen LogP contribution in [0.3, 0.4) is 0 Å². The lowest BCUT2D eigenvalue weighted by Crippen LogP contribution is -2.15. The number of nitrogens with one attached hydrogen (secondary N) is 1. The number of hydrogen-bond donors (Lipinski definition) is 2. The van der Waals surface area contributed by atoms with Gasteiger partial charge < -0.3 is 15.2 Å². The van der Waals surface area contributed by atoms with Gasteiger partial charge in [-0.15, -0.1) is 0 Å². The predicted octanol–water partition coefficient (Wildman–Crippen LogP) is 3.35. The molecular formula is C19H21NO4. The summed E-state index contributed by atoms with van der Waals surface area (Å²) in [6.07, 6.45) is 0.633. The van der Waals surface area contributed by atoms with Crippen molar-refractivity contribution in [2.75, 3.05) is 12.4 Å². The zero-order valence-corrected chi connectivity index (χ0v) is 13.8. The highest BCUT2D eigenvalue weighted by Gasteiger charge is 2.13. The Morgan fingerprint density at radius 2 is 1.83 bits per heavy atom. The van der Waals surface area contributed by atoms with Crippen LogP contribution in [-0.2, 0) is 22.5 Å². The van der Waals surface area contributed by atoms with Crippen LogP contribution in [0.1, 0.15) is 28.4 Å². The Balaban J connectivity index is 1.93. The maximum atomic E-state index is 11.4. The molecule has 0 saturated heterocycles. The molecule has 2 N–H and O–H groups in total. The summed E-state index contributed by atoms with van der Waals surface area (Å²) >= 11 is 0. The van der Waals surface area contributed by atoms with Crippen LogP contribution in [-0.4, -0.2) is 24.2 Å². The lowest BCUT2D eigenvalue weighted by Gasteiger charge is -2.11. The molecule has 0 aliphatic rings. The second kappa shape index (κ2) is 8.15. The van der Waals surface area contributed by atoms with Crippen LogP contribution in [0.4, 0.5) is 5.69 Å². The monoisotopic (exact) mass is 327 g/mol. The fraction of sp³-hybridized carbons (Fsp3) is 0.263. The van der Waals surface area contributed by atoms with E-state index in [9.17, 15) is 9.59 Å². The van der Waals surface area contributed by atoms with E-state index in [1.807, 2.05) is 37.3 Å². The first kappa shape index (κ1) is 17.5. The molecule has 2 rings (SSSR count). The average Bonchev–Trinajstić information content (AvgIpc) is 2.60. The minimum absolute atomic E-state index is 0.174. The lowest BCUT2D eigenvalue weighted by atomic mass is 10.0. The number of carbonyl (C=O) groups excluding carboxylic acids is 1. The summed E-state index contributed by atoms with van der Waals surface area (Å²) in [4.78, 5) is 22.4. The van der Waals surface area contributed by atoms with E-state index < -0.39 is 5.97 Å². The number of benzene rings is 2. The van der Waals surface area contributed by atoms with Gasteiger partial charge in [-0.25, -0.2) is 4.79 Å². The van der Waals surface area contributed by atoms with Crippen molar-refractivity contribution in [1.29, 1.82) is 0 Å². The Hall–Kier alpha value is -2.82. The molecule has 2 aromatic rings. The molecule has 0 aliphatic carbocycles. The van der Waals surface area contributed by atoms with Crippen molar-refractivity contribution >= 4 is 17.6 Å². The van der Waals surface area contributed by atoms with E-state index in [1.165, 1.54) is 7.11 Å². The van der Waals surface area contributed by atoms with Gasteiger partial charge in [-0.3, -0.25) is 4.79 Å². The molecule has 0 bridgehead atoms. The topological polar surface area (TPSA) is 75.6 Å². The minimum Gasteiger partial charge on any atom is -0.478 e. The summed E-state index contributed by atoms with van der Waals surface area (Å²) < 4.78 is 4.73. The molecular weight excluding hydrogens is 306 g/mol. The number of hydrogen-bond acceptors (Lipinski definition) is 4. The molecule has 1 atom stereocenters. The number of carboxylic acids is 1. The summed E-state index contributed by atoms with van der Waals surface area (Å²) in [5.41, 5.74) is 3.18. The van der Waals surface area contributed by atoms with E-state index in [2.05, 4.69) is 5.32 Å². The van der Waals surface area contributed by atoms with Crippen molar-refractivity contribution in [2.45, 2.75) is 19.9 Å². The number of rotatable bonds is 7. The molecule has 0 heterocycles. The van der Waals surface area contributed by atoms with E-state index in [4.69, 9.17) is 9.84 Å². The highest BCUT2D eigenvalue weighted by molar-refractivity contribution is 5.87. The zero-order valence-electron chi connectivity index (χ0n) is 13.8. The number of anilines is 1. The molecule has 0 saturated carbocycles. The third-order valence-corrected chi connectivity index (χ3v) is 3.77. The summed E-state index contributed by atoms with van der Waals surface area (Å²) in [5, 5.41) is 12.3. The number of esters is 1. The quantitative estimate of drug-likeness (QED) is 0.763. The fourth-order valence-electron chi connectivity index (χ4n) is 2.42. The molecule has 0 radical (unpaired) electrons. The van der Waals surface area contributed by atoms with Crippen molar-refractivity contribution < 1.29 is 19.4 Å². The van der Waals surface area contributed by atoms with Crippen LogP contribution in [0, 0.1) is 5.92 Å². The SMILES string of the molecule is COC(=O)C(C)Cc1ccc(NCc2cccc(C(=O)O)c2)cc1. The first-order valence-electron chi connectivity index (χ1n) is 7.72. The third kappa shape index (κ3) is 4.84. The molecule has 0 aliphatic heterocycles. The van der Waals surface area contributed by atoms with Crippen LogP contribution in [0.15, 0.2) is 48.5 Å².